The number of halogens is 1. The molecule has 2 rings (SSSR count). The fourth-order valence-electron chi connectivity index (χ4n) is 1.65. The Kier molecular flexibility index (Phi) is 4.54. The molecule has 0 aliphatic heterocycles. The predicted molar refractivity (Wildman–Crippen MR) is 78.7 cm³/mol. The summed E-state index contributed by atoms with van der Waals surface area (Å²) in [5.41, 5.74) is -0.0595. The fraction of sp³-hybridized carbons (Fsp3) is 0.0714. The lowest BCUT2D eigenvalue weighted by atomic mass is 10.2. The quantitative estimate of drug-likeness (QED) is 0.473. The Morgan fingerprint density at radius 2 is 2.00 bits per heavy atom. The first-order chi connectivity index (χ1) is 10.0. The fourth-order valence-corrected chi connectivity index (χ4v) is 2.03. The molecule has 0 atom stereocenters. The summed E-state index contributed by atoms with van der Waals surface area (Å²) in [6.07, 6.45) is 0. The average molecular weight is 352 g/mol. The summed E-state index contributed by atoms with van der Waals surface area (Å²) in [5, 5.41) is 11.0. The summed E-state index contributed by atoms with van der Waals surface area (Å²) < 4.78 is 10.9. The topological polar surface area (TPSA) is 78.7 Å². The van der Waals surface area contributed by atoms with E-state index >= 15 is 0 Å². The van der Waals surface area contributed by atoms with E-state index in [1.165, 1.54) is 25.3 Å². The van der Waals surface area contributed by atoms with E-state index in [9.17, 15) is 14.9 Å². The van der Waals surface area contributed by atoms with Gasteiger partial charge in [0.15, 0.2) is 0 Å². The molecule has 0 unspecified atom stereocenters. The molecular formula is C14H10BrNO5. The molecule has 0 fully saturated rings. The van der Waals surface area contributed by atoms with Gasteiger partial charge in [-0.2, -0.15) is 0 Å². The lowest BCUT2D eigenvalue weighted by molar-refractivity contribution is -0.385. The maximum Gasteiger partial charge on any atom is 0.337 e. The van der Waals surface area contributed by atoms with E-state index < -0.39 is 10.9 Å². The van der Waals surface area contributed by atoms with Crippen LogP contribution < -0.4 is 4.74 Å². The van der Waals surface area contributed by atoms with Crippen LogP contribution in [0.15, 0.2) is 46.9 Å². The second-order valence-electron chi connectivity index (χ2n) is 3.99. The van der Waals surface area contributed by atoms with E-state index in [1.54, 1.807) is 24.3 Å². The van der Waals surface area contributed by atoms with Crippen LogP contribution in [0.5, 0.6) is 11.5 Å². The van der Waals surface area contributed by atoms with Crippen molar-refractivity contribution in [3.63, 3.8) is 0 Å². The molecule has 0 aromatic heterocycles. The zero-order chi connectivity index (χ0) is 15.4. The smallest absolute Gasteiger partial charge is 0.337 e. The van der Waals surface area contributed by atoms with Gasteiger partial charge in [-0.3, -0.25) is 10.1 Å². The summed E-state index contributed by atoms with van der Waals surface area (Å²) in [5.74, 6) is -0.209. The molecule has 108 valence electrons. The lowest BCUT2D eigenvalue weighted by Crippen LogP contribution is -2.02. The standard InChI is InChI=1S/C14H10BrNO5/c1-20-14(17)9-5-6-12(16(18)19)13(7-9)21-11-4-2-3-10(15)8-11/h2-8H,1H3. The van der Waals surface area contributed by atoms with Crippen LogP contribution in [0.2, 0.25) is 0 Å². The number of esters is 1. The van der Waals surface area contributed by atoms with Crippen molar-refractivity contribution in [1.82, 2.24) is 0 Å². The highest BCUT2D eigenvalue weighted by Gasteiger charge is 2.19. The van der Waals surface area contributed by atoms with Gasteiger partial charge in [0.2, 0.25) is 5.75 Å². The monoisotopic (exact) mass is 351 g/mol. The first-order valence-electron chi connectivity index (χ1n) is 5.81. The van der Waals surface area contributed by atoms with E-state index in [4.69, 9.17) is 4.74 Å². The van der Waals surface area contributed by atoms with Crippen molar-refractivity contribution in [2.24, 2.45) is 0 Å². The number of nitro groups is 1. The number of hydrogen-bond acceptors (Lipinski definition) is 5. The molecule has 0 amide bonds. The summed E-state index contributed by atoms with van der Waals surface area (Å²) in [4.78, 5) is 22.0. The molecule has 2 aromatic rings. The number of benzene rings is 2. The molecule has 6 nitrogen and oxygen atoms in total. The van der Waals surface area contributed by atoms with Crippen molar-refractivity contribution in [1.29, 1.82) is 0 Å². The Hall–Kier alpha value is -2.41. The van der Waals surface area contributed by atoms with Crippen LogP contribution in [0.1, 0.15) is 10.4 Å². The van der Waals surface area contributed by atoms with Gasteiger partial charge in [-0.25, -0.2) is 4.79 Å². The Bertz CT molecular complexity index is 702. The van der Waals surface area contributed by atoms with Crippen molar-refractivity contribution >= 4 is 27.6 Å². The van der Waals surface area contributed by atoms with Crippen molar-refractivity contribution in [2.75, 3.05) is 7.11 Å². The molecule has 0 heterocycles. The van der Waals surface area contributed by atoms with Gasteiger partial charge in [0.1, 0.15) is 5.75 Å². The van der Waals surface area contributed by atoms with Gasteiger partial charge in [0.05, 0.1) is 17.6 Å². The van der Waals surface area contributed by atoms with Crippen LogP contribution in [0.25, 0.3) is 0 Å². The molecule has 0 aliphatic rings. The summed E-state index contributed by atoms with van der Waals surface area (Å²) in [6, 6.07) is 10.7. The average Bonchev–Trinajstić information content (AvgIpc) is 2.46. The predicted octanol–water partition coefficient (Wildman–Crippen LogP) is 3.94. The number of carbonyl (C=O) groups excluding carboxylic acids is 1. The molecule has 0 aliphatic carbocycles. The molecule has 0 saturated carbocycles. The van der Waals surface area contributed by atoms with Gasteiger partial charge >= 0.3 is 11.7 Å². The van der Waals surface area contributed by atoms with Gasteiger partial charge in [-0.1, -0.05) is 22.0 Å². The summed E-state index contributed by atoms with van der Waals surface area (Å²) in [7, 11) is 1.23. The third-order valence-electron chi connectivity index (χ3n) is 2.60. The van der Waals surface area contributed by atoms with Crippen molar-refractivity contribution in [2.45, 2.75) is 0 Å². The highest BCUT2D eigenvalue weighted by molar-refractivity contribution is 9.10. The molecular weight excluding hydrogens is 342 g/mol. The molecule has 21 heavy (non-hydrogen) atoms. The molecule has 7 heteroatoms. The summed E-state index contributed by atoms with van der Waals surface area (Å²) >= 11 is 3.28. The second-order valence-corrected chi connectivity index (χ2v) is 4.91. The molecule has 0 radical (unpaired) electrons. The summed E-state index contributed by atoms with van der Waals surface area (Å²) in [6.45, 7) is 0. The van der Waals surface area contributed by atoms with E-state index in [0.29, 0.717) is 5.75 Å². The highest BCUT2D eigenvalue weighted by atomic mass is 79.9. The van der Waals surface area contributed by atoms with Crippen LogP contribution >= 0.6 is 15.9 Å². The molecule has 0 bridgehead atoms. The number of methoxy groups -OCH3 is 1. The SMILES string of the molecule is COC(=O)c1ccc([N+](=O)[O-])c(Oc2cccc(Br)c2)c1. The highest BCUT2D eigenvalue weighted by Crippen LogP contribution is 2.33. The molecule has 0 N–H and O–H groups in total. The first-order valence-corrected chi connectivity index (χ1v) is 6.60. The Morgan fingerprint density at radius 1 is 1.24 bits per heavy atom. The number of nitro benzene ring substituents is 1. The molecule has 0 saturated heterocycles. The maximum absolute atomic E-state index is 11.5. The molecule has 0 spiro atoms. The minimum atomic E-state index is -0.594. The van der Waals surface area contributed by atoms with Gasteiger partial charge in [-0.15, -0.1) is 0 Å². The maximum atomic E-state index is 11.5. The number of carbonyl (C=O) groups is 1. The van der Waals surface area contributed by atoms with Gasteiger partial charge in [-0.05, 0) is 24.3 Å². The minimum Gasteiger partial charge on any atom is -0.465 e. The largest absolute Gasteiger partial charge is 0.465 e. The second kappa shape index (κ2) is 6.36. The van der Waals surface area contributed by atoms with Crippen molar-refractivity contribution in [3.8, 4) is 11.5 Å². The molecule has 2 aromatic carbocycles. The number of ether oxygens (including phenoxy) is 2. The Labute approximate surface area is 128 Å². The van der Waals surface area contributed by atoms with Gasteiger partial charge in [0, 0.05) is 16.6 Å². The lowest BCUT2D eigenvalue weighted by Gasteiger charge is -2.08. The van der Waals surface area contributed by atoms with Gasteiger partial charge in [0.25, 0.3) is 0 Å². The van der Waals surface area contributed by atoms with Crippen LogP contribution in [0.4, 0.5) is 5.69 Å². The van der Waals surface area contributed by atoms with E-state index in [0.717, 1.165) is 4.47 Å². The third-order valence-corrected chi connectivity index (χ3v) is 3.09. The zero-order valence-electron chi connectivity index (χ0n) is 10.9. The Balaban J connectivity index is 2.43. The Morgan fingerprint density at radius 3 is 2.62 bits per heavy atom. The zero-order valence-corrected chi connectivity index (χ0v) is 12.5. The van der Waals surface area contributed by atoms with Crippen LogP contribution in [0.3, 0.4) is 0 Å². The van der Waals surface area contributed by atoms with E-state index in [-0.39, 0.29) is 17.0 Å². The third kappa shape index (κ3) is 3.57. The number of rotatable bonds is 4. The van der Waals surface area contributed by atoms with Crippen molar-refractivity contribution < 1.29 is 19.2 Å². The van der Waals surface area contributed by atoms with Crippen LogP contribution in [-0.2, 0) is 4.74 Å². The van der Waals surface area contributed by atoms with Crippen LogP contribution in [0, 0.1) is 10.1 Å². The van der Waals surface area contributed by atoms with Crippen LogP contribution in [-0.4, -0.2) is 18.0 Å². The van der Waals surface area contributed by atoms with E-state index in [1.807, 2.05) is 0 Å². The normalized spacial score (nSPS) is 10.0. The van der Waals surface area contributed by atoms with Gasteiger partial charge < -0.3 is 9.47 Å². The van der Waals surface area contributed by atoms with Crippen molar-refractivity contribution in [3.05, 3.63) is 62.6 Å². The number of nitrogens with zero attached hydrogens (tertiary/aromatic N) is 1. The number of hydrogen-bond donors (Lipinski definition) is 0. The minimum absolute atomic E-state index is 0.0269. The first kappa shape index (κ1) is 15.0. The van der Waals surface area contributed by atoms with E-state index in [2.05, 4.69) is 20.7 Å².